The first-order valence-corrected chi connectivity index (χ1v) is 8.01. The van der Waals surface area contributed by atoms with Crippen molar-refractivity contribution in [1.82, 2.24) is 0 Å². The van der Waals surface area contributed by atoms with Gasteiger partial charge in [0.1, 0.15) is 0 Å². The van der Waals surface area contributed by atoms with Gasteiger partial charge in [0.15, 0.2) is 11.6 Å². The molecule has 0 spiro atoms. The number of aryl methyl sites for hydroxylation is 1. The minimum atomic E-state index is -0.989. The number of rotatable bonds is 8. The Balaban J connectivity index is 1.90. The van der Waals surface area contributed by atoms with E-state index < -0.39 is 6.23 Å². The fourth-order valence-corrected chi connectivity index (χ4v) is 2.26. The second-order valence-corrected chi connectivity index (χ2v) is 5.56. The highest BCUT2D eigenvalue weighted by Crippen LogP contribution is 2.17. The van der Waals surface area contributed by atoms with Gasteiger partial charge in [0.2, 0.25) is 0 Å². The van der Waals surface area contributed by atoms with Crippen LogP contribution in [0.25, 0.3) is 0 Å². The molecular weight excluding hydrogens is 292 g/mol. The summed E-state index contributed by atoms with van der Waals surface area (Å²) < 4.78 is 5.29. The van der Waals surface area contributed by atoms with Gasteiger partial charge >= 0.3 is 0 Å². The number of unbranched alkanes of at least 4 members (excludes halogenated alkanes) is 2. The van der Waals surface area contributed by atoms with Gasteiger partial charge in [-0.15, -0.1) is 0 Å². The van der Waals surface area contributed by atoms with Crippen molar-refractivity contribution in [3.63, 3.8) is 0 Å². The lowest BCUT2D eigenvalue weighted by Gasteiger charge is -2.16. The van der Waals surface area contributed by atoms with E-state index in [1.807, 2.05) is 24.3 Å². The molecule has 124 valence electrons. The Bertz CT molecular complexity index is 617. The van der Waals surface area contributed by atoms with Crippen LogP contribution < -0.4 is 15.7 Å². The molecule has 1 heterocycles. The Kier molecular flexibility index (Phi) is 6.23. The van der Waals surface area contributed by atoms with E-state index >= 15 is 0 Å². The van der Waals surface area contributed by atoms with E-state index in [0.717, 1.165) is 12.1 Å². The zero-order valence-corrected chi connectivity index (χ0v) is 13.6. The first-order valence-electron chi connectivity index (χ1n) is 8.01. The van der Waals surface area contributed by atoms with Crippen LogP contribution in [-0.4, -0.2) is 12.1 Å². The Morgan fingerprint density at radius 3 is 2.57 bits per heavy atom. The Morgan fingerprint density at radius 2 is 1.91 bits per heavy atom. The molecule has 23 heavy (non-hydrogen) atoms. The summed E-state index contributed by atoms with van der Waals surface area (Å²) in [5.74, 6) is 0.124. The van der Waals surface area contributed by atoms with Gasteiger partial charge in [-0.3, -0.25) is 4.79 Å². The fraction of sp³-hybridized carbons (Fsp3) is 0.389. The molecule has 0 aliphatic heterocycles. The lowest BCUT2D eigenvalue weighted by molar-refractivity contribution is -0.404. The van der Waals surface area contributed by atoms with E-state index in [4.69, 9.17) is 4.42 Å². The summed E-state index contributed by atoms with van der Waals surface area (Å²) in [5, 5.41) is 16.4. The molecule has 2 aromatic rings. The molecule has 1 unspecified atom stereocenters. The SMILES string of the molecule is CCCCCc1ccc(NC(=O)c2ccc(NC(C)[O-])o2)cc1. The number of carbonyl (C=O) groups excluding carboxylic acids is 1. The van der Waals surface area contributed by atoms with Crippen LogP contribution in [0.5, 0.6) is 0 Å². The topological polar surface area (TPSA) is 77.3 Å². The average molecular weight is 315 g/mol. The molecule has 0 aliphatic carbocycles. The molecule has 0 fully saturated rings. The monoisotopic (exact) mass is 315 g/mol. The molecule has 1 aromatic heterocycles. The standard InChI is InChI=1S/C18H23N2O3/c1-3-4-5-6-14-7-9-15(10-8-14)20-18(22)16-11-12-17(23-16)19-13(2)21/h7-13,19H,3-6H2,1-2H3,(H,20,22)/q-1. The second-order valence-electron chi connectivity index (χ2n) is 5.56. The van der Waals surface area contributed by atoms with Crippen LogP contribution in [-0.2, 0) is 6.42 Å². The quantitative estimate of drug-likeness (QED) is 0.578. The number of carbonyl (C=O) groups is 1. The lowest BCUT2D eigenvalue weighted by atomic mass is 10.1. The molecule has 0 bridgehead atoms. The average Bonchev–Trinajstić information content (AvgIpc) is 2.97. The van der Waals surface area contributed by atoms with Crippen LogP contribution in [0.1, 0.15) is 49.2 Å². The zero-order chi connectivity index (χ0) is 16.7. The van der Waals surface area contributed by atoms with Gasteiger partial charge in [-0.05, 0) is 36.6 Å². The molecule has 5 heteroatoms. The van der Waals surface area contributed by atoms with Crippen molar-refractivity contribution in [3.05, 3.63) is 47.7 Å². The summed E-state index contributed by atoms with van der Waals surface area (Å²) >= 11 is 0. The van der Waals surface area contributed by atoms with Gasteiger partial charge in [-0.25, -0.2) is 0 Å². The minimum absolute atomic E-state index is 0.167. The zero-order valence-electron chi connectivity index (χ0n) is 13.6. The predicted octanol–water partition coefficient (Wildman–Crippen LogP) is 3.38. The maximum atomic E-state index is 12.1. The molecule has 1 atom stereocenters. The van der Waals surface area contributed by atoms with Gasteiger partial charge in [0.05, 0.1) is 0 Å². The first-order chi connectivity index (χ1) is 11.1. The van der Waals surface area contributed by atoms with Crippen molar-refractivity contribution >= 4 is 17.5 Å². The molecule has 1 aromatic carbocycles. The largest absolute Gasteiger partial charge is 0.837 e. The normalized spacial score (nSPS) is 12.0. The molecule has 5 nitrogen and oxygen atoms in total. The highest BCUT2D eigenvalue weighted by atomic mass is 16.4. The first kappa shape index (κ1) is 17.1. The third kappa shape index (κ3) is 5.45. The van der Waals surface area contributed by atoms with Gasteiger partial charge in [-0.2, -0.15) is 0 Å². The van der Waals surface area contributed by atoms with Crippen molar-refractivity contribution in [3.8, 4) is 0 Å². The fourth-order valence-electron chi connectivity index (χ4n) is 2.26. The van der Waals surface area contributed by atoms with E-state index in [1.165, 1.54) is 31.7 Å². The van der Waals surface area contributed by atoms with Crippen molar-refractivity contribution < 1.29 is 14.3 Å². The molecule has 0 saturated heterocycles. The number of amides is 1. The van der Waals surface area contributed by atoms with Crippen LogP contribution >= 0.6 is 0 Å². The third-order valence-corrected chi connectivity index (χ3v) is 3.46. The number of anilines is 2. The maximum Gasteiger partial charge on any atom is 0.291 e. The summed E-state index contributed by atoms with van der Waals surface area (Å²) in [5.41, 5.74) is 1.99. The van der Waals surface area contributed by atoms with E-state index in [2.05, 4.69) is 17.6 Å². The van der Waals surface area contributed by atoms with E-state index in [0.29, 0.717) is 5.88 Å². The number of hydrogen-bond acceptors (Lipinski definition) is 4. The van der Waals surface area contributed by atoms with Crippen LogP contribution in [0, 0.1) is 0 Å². The van der Waals surface area contributed by atoms with Crippen LogP contribution in [0.3, 0.4) is 0 Å². The summed E-state index contributed by atoms with van der Waals surface area (Å²) in [6.45, 7) is 3.65. The highest BCUT2D eigenvalue weighted by Gasteiger charge is 2.11. The molecule has 2 rings (SSSR count). The maximum absolute atomic E-state index is 12.1. The molecule has 0 saturated carbocycles. The molecular formula is C18H23N2O3-. The van der Waals surface area contributed by atoms with Crippen molar-refractivity contribution in [2.24, 2.45) is 0 Å². The smallest absolute Gasteiger partial charge is 0.291 e. The van der Waals surface area contributed by atoms with Gasteiger partial charge in [0.25, 0.3) is 5.91 Å². The van der Waals surface area contributed by atoms with Crippen LogP contribution in [0.15, 0.2) is 40.8 Å². The Morgan fingerprint density at radius 1 is 1.17 bits per heavy atom. The van der Waals surface area contributed by atoms with Gasteiger partial charge in [-0.1, -0.05) is 45.0 Å². The summed E-state index contributed by atoms with van der Waals surface area (Å²) in [6.07, 6.45) is 3.69. The molecule has 0 radical (unpaired) electrons. The van der Waals surface area contributed by atoms with Crippen LogP contribution in [0.4, 0.5) is 11.6 Å². The number of furan rings is 1. The summed E-state index contributed by atoms with van der Waals surface area (Å²) in [6, 6.07) is 10.9. The lowest BCUT2D eigenvalue weighted by Crippen LogP contribution is -2.29. The summed E-state index contributed by atoms with van der Waals surface area (Å²) in [4.78, 5) is 12.1. The number of benzene rings is 1. The second kappa shape index (κ2) is 8.39. The third-order valence-electron chi connectivity index (χ3n) is 3.46. The molecule has 2 N–H and O–H groups in total. The van der Waals surface area contributed by atoms with Gasteiger partial charge < -0.3 is 20.2 Å². The molecule has 1 amide bonds. The number of hydrogen-bond donors (Lipinski definition) is 2. The molecule has 0 aliphatic rings. The predicted molar refractivity (Wildman–Crippen MR) is 89.4 cm³/mol. The Labute approximate surface area is 136 Å². The van der Waals surface area contributed by atoms with Crippen LogP contribution in [0.2, 0.25) is 0 Å². The van der Waals surface area contributed by atoms with E-state index in [1.54, 1.807) is 12.1 Å². The van der Waals surface area contributed by atoms with Gasteiger partial charge in [0, 0.05) is 11.8 Å². The van der Waals surface area contributed by atoms with E-state index in [9.17, 15) is 9.90 Å². The van der Waals surface area contributed by atoms with Crippen molar-refractivity contribution in [2.75, 3.05) is 10.6 Å². The minimum Gasteiger partial charge on any atom is -0.837 e. The summed E-state index contributed by atoms with van der Waals surface area (Å²) in [7, 11) is 0. The van der Waals surface area contributed by atoms with E-state index in [-0.39, 0.29) is 11.7 Å². The highest BCUT2D eigenvalue weighted by molar-refractivity contribution is 6.02. The van der Waals surface area contributed by atoms with Crippen molar-refractivity contribution in [1.29, 1.82) is 0 Å². The number of nitrogens with one attached hydrogen (secondary N) is 2. The van der Waals surface area contributed by atoms with Crippen molar-refractivity contribution in [2.45, 2.75) is 45.8 Å². The Hall–Kier alpha value is -2.27.